The highest BCUT2D eigenvalue weighted by Crippen LogP contribution is 2.21. The van der Waals surface area contributed by atoms with Crippen LogP contribution < -0.4 is 20.9 Å². The van der Waals surface area contributed by atoms with Gasteiger partial charge in [0.15, 0.2) is 0 Å². The zero-order valence-corrected chi connectivity index (χ0v) is 19.1. The molecule has 0 radical (unpaired) electrons. The molecule has 2 atom stereocenters. The molecule has 0 spiro atoms. The fourth-order valence-corrected chi connectivity index (χ4v) is 3.05. The topological polar surface area (TPSA) is 117 Å². The molecule has 0 heterocycles. The number of hydroxylamine groups is 1. The van der Waals surface area contributed by atoms with Crippen molar-refractivity contribution in [3.05, 3.63) is 65.2 Å². The zero-order valence-electron chi connectivity index (χ0n) is 19.1. The summed E-state index contributed by atoms with van der Waals surface area (Å²) in [6.45, 7) is 1.86. The highest BCUT2D eigenvalue weighted by Gasteiger charge is 2.48. The third-order valence-electron chi connectivity index (χ3n) is 4.87. The van der Waals surface area contributed by atoms with Gasteiger partial charge >= 0.3 is 0 Å². The van der Waals surface area contributed by atoms with Gasteiger partial charge in [-0.3, -0.25) is 19.6 Å². The van der Waals surface area contributed by atoms with E-state index < -0.39 is 35.7 Å². The van der Waals surface area contributed by atoms with Crippen LogP contribution in [0.5, 0.6) is 5.75 Å². The largest absolute Gasteiger partial charge is 0.495 e. The first-order valence-electron chi connectivity index (χ1n) is 10.2. The highest BCUT2D eigenvalue weighted by atomic mass is 19.3. The van der Waals surface area contributed by atoms with Gasteiger partial charge in [0.05, 0.1) is 12.7 Å². The Kier molecular flexibility index (Phi) is 9.33. The van der Waals surface area contributed by atoms with Crippen LogP contribution in [0.4, 0.5) is 8.78 Å². The third kappa shape index (κ3) is 7.03. The number of amides is 3. The molecule has 10 heteroatoms. The van der Waals surface area contributed by atoms with Crippen LogP contribution in [0.3, 0.4) is 0 Å². The summed E-state index contributed by atoms with van der Waals surface area (Å²) in [5, 5.41) is 13.1. The van der Waals surface area contributed by atoms with E-state index in [9.17, 15) is 23.2 Å². The molecular formula is C25H23F2N3O5. The molecule has 35 heavy (non-hydrogen) atoms. The van der Waals surface area contributed by atoms with Gasteiger partial charge in [-0.25, -0.2) is 14.3 Å². The first-order chi connectivity index (χ1) is 16.6. The van der Waals surface area contributed by atoms with Crippen LogP contribution in [0.1, 0.15) is 35.3 Å². The third-order valence-corrected chi connectivity index (χ3v) is 4.87. The van der Waals surface area contributed by atoms with Gasteiger partial charge in [0.1, 0.15) is 17.3 Å². The van der Waals surface area contributed by atoms with Crippen molar-refractivity contribution in [1.29, 1.82) is 0 Å². The number of carbonyl (C=O) groups is 3. The van der Waals surface area contributed by atoms with Gasteiger partial charge in [-0.2, -0.15) is 0 Å². The average Bonchev–Trinajstić information content (AvgIpc) is 2.84. The number of rotatable bonds is 7. The number of nitrogens with one attached hydrogen (secondary N) is 3. The van der Waals surface area contributed by atoms with Crippen molar-refractivity contribution >= 4 is 17.7 Å². The summed E-state index contributed by atoms with van der Waals surface area (Å²) in [6.07, 6.45) is -3.25. The maximum absolute atomic E-state index is 13.7. The molecule has 4 N–H and O–H groups in total. The van der Waals surface area contributed by atoms with Crippen molar-refractivity contribution in [2.24, 2.45) is 0 Å². The van der Waals surface area contributed by atoms with Crippen molar-refractivity contribution < 1.29 is 33.1 Å². The summed E-state index contributed by atoms with van der Waals surface area (Å²) in [5.74, 6) is 8.63. The number of hydrogen-bond donors (Lipinski definition) is 4. The Morgan fingerprint density at radius 3 is 2.23 bits per heavy atom. The molecule has 0 saturated carbocycles. The summed E-state index contributed by atoms with van der Waals surface area (Å²) in [5.41, 5.74) is -0.0198. The van der Waals surface area contributed by atoms with Crippen LogP contribution in [0.15, 0.2) is 48.5 Å². The Balaban J connectivity index is 2.19. The number of halogens is 2. The quantitative estimate of drug-likeness (QED) is 0.273. The fraction of sp³-hybridized carbons (Fsp3) is 0.240. The smallest absolute Gasteiger partial charge is 0.268 e. The van der Waals surface area contributed by atoms with Crippen LogP contribution in [-0.2, 0) is 9.59 Å². The van der Waals surface area contributed by atoms with E-state index >= 15 is 0 Å². The number of alkyl halides is 2. The van der Waals surface area contributed by atoms with E-state index in [-0.39, 0.29) is 5.56 Å². The lowest BCUT2D eigenvalue weighted by Crippen LogP contribution is -2.68. The minimum absolute atomic E-state index is 0.0332. The van der Waals surface area contributed by atoms with Crippen molar-refractivity contribution in [3.8, 4) is 29.4 Å². The average molecular weight is 483 g/mol. The Morgan fingerprint density at radius 1 is 1.03 bits per heavy atom. The van der Waals surface area contributed by atoms with Gasteiger partial charge in [0, 0.05) is 18.1 Å². The van der Waals surface area contributed by atoms with Crippen molar-refractivity contribution in [3.63, 3.8) is 0 Å². The number of para-hydroxylation sites is 1. The van der Waals surface area contributed by atoms with E-state index in [1.165, 1.54) is 36.9 Å². The first kappa shape index (κ1) is 26.8. The van der Waals surface area contributed by atoms with Gasteiger partial charge in [-0.1, -0.05) is 18.1 Å². The molecule has 0 fully saturated rings. The second kappa shape index (κ2) is 12.2. The first-order valence-corrected chi connectivity index (χ1v) is 10.2. The summed E-state index contributed by atoms with van der Waals surface area (Å²) >= 11 is 0. The number of benzene rings is 2. The Bertz CT molecular complexity index is 1210. The summed E-state index contributed by atoms with van der Waals surface area (Å²) < 4.78 is 32.7. The normalized spacial score (nSPS) is 12.5. The second-order valence-corrected chi connectivity index (χ2v) is 7.42. The number of methoxy groups -OCH3 is 1. The molecule has 2 rings (SSSR count). The summed E-state index contributed by atoms with van der Waals surface area (Å²) in [7, 11) is 1.54. The van der Waals surface area contributed by atoms with Crippen molar-refractivity contribution in [2.45, 2.75) is 31.9 Å². The minimum atomic E-state index is -3.25. The summed E-state index contributed by atoms with van der Waals surface area (Å²) in [4.78, 5) is 36.1. The van der Waals surface area contributed by atoms with Gasteiger partial charge in [-0.15, -0.1) is 0 Å². The van der Waals surface area contributed by atoms with Crippen LogP contribution >= 0.6 is 0 Å². The van der Waals surface area contributed by atoms with E-state index in [4.69, 9.17) is 9.94 Å². The van der Waals surface area contributed by atoms with Crippen LogP contribution in [0, 0.1) is 23.7 Å². The lowest BCUT2D eigenvalue weighted by Gasteiger charge is -2.36. The lowest BCUT2D eigenvalue weighted by molar-refractivity contribution is -0.137. The predicted octanol–water partition coefficient (Wildman–Crippen LogP) is 1.86. The summed E-state index contributed by atoms with van der Waals surface area (Å²) in [6, 6.07) is 11.0. The zero-order chi connectivity index (χ0) is 26.0. The number of ether oxygens (including phenoxy) is 1. The molecule has 1 unspecified atom stereocenters. The Hall–Kier alpha value is -4.41. The van der Waals surface area contributed by atoms with Crippen molar-refractivity contribution in [2.75, 3.05) is 7.11 Å². The van der Waals surface area contributed by atoms with Gasteiger partial charge in [-0.05, 0) is 61.1 Å². The van der Waals surface area contributed by atoms with E-state index in [2.05, 4.69) is 29.0 Å². The maximum atomic E-state index is 13.7. The van der Waals surface area contributed by atoms with E-state index in [1.54, 1.807) is 12.1 Å². The Labute approximate surface area is 201 Å². The molecule has 0 aliphatic rings. The molecule has 0 aromatic heterocycles. The van der Waals surface area contributed by atoms with E-state index in [1.807, 2.05) is 17.4 Å². The molecule has 2 aromatic carbocycles. The van der Waals surface area contributed by atoms with Gasteiger partial charge in [0.25, 0.3) is 18.2 Å². The predicted molar refractivity (Wildman–Crippen MR) is 123 cm³/mol. The minimum Gasteiger partial charge on any atom is -0.495 e. The number of carbonyl (C=O) groups excluding carboxylic acids is 3. The molecule has 0 saturated heterocycles. The van der Waals surface area contributed by atoms with Crippen molar-refractivity contribution in [1.82, 2.24) is 16.1 Å². The van der Waals surface area contributed by atoms with Gasteiger partial charge < -0.3 is 15.4 Å². The van der Waals surface area contributed by atoms with Gasteiger partial charge in [0.2, 0.25) is 5.91 Å². The van der Waals surface area contributed by atoms with E-state index in [0.717, 1.165) is 13.8 Å². The van der Waals surface area contributed by atoms with Crippen LogP contribution in [-0.4, -0.2) is 48.0 Å². The molecule has 0 aliphatic heterocycles. The fourth-order valence-electron chi connectivity index (χ4n) is 3.05. The molecular weight excluding hydrogens is 460 g/mol. The second-order valence-electron chi connectivity index (χ2n) is 7.42. The van der Waals surface area contributed by atoms with E-state index in [0.29, 0.717) is 16.9 Å². The maximum Gasteiger partial charge on any atom is 0.268 e. The van der Waals surface area contributed by atoms with Crippen LogP contribution in [0.25, 0.3) is 0 Å². The number of hydrogen-bond acceptors (Lipinski definition) is 5. The molecule has 3 amide bonds. The molecule has 182 valence electrons. The van der Waals surface area contributed by atoms with Crippen LogP contribution in [0.2, 0.25) is 0 Å². The highest BCUT2D eigenvalue weighted by molar-refractivity contribution is 5.98. The molecule has 0 bridgehead atoms. The molecule has 2 aromatic rings. The monoisotopic (exact) mass is 483 g/mol. The lowest BCUT2D eigenvalue weighted by atomic mass is 9.91. The SMILES string of the molecule is COc1ccccc1C#CC#Cc1ccc(C(=O)N[C@H](C(=O)NO)C(C)(NC(C)=O)C(F)F)cc1. The molecule has 8 nitrogen and oxygen atoms in total. The standard InChI is InChI=1S/C25H23F2N3O5/c1-16(31)29-25(2,24(26)27)21(23(33)30-34)28-22(32)19-14-12-17(13-15-19)8-4-5-9-18-10-6-7-11-20(18)35-3/h6-7,10-15,21,24,34H,1-3H3,(H,28,32)(H,29,31)(H,30,33)/t21-,25?/m1/s1. The Morgan fingerprint density at radius 2 is 1.66 bits per heavy atom. The molecule has 0 aliphatic carbocycles.